The van der Waals surface area contributed by atoms with Crippen molar-refractivity contribution in [2.24, 2.45) is 0 Å². The summed E-state index contributed by atoms with van der Waals surface area (Å²) in [4.78, 5) is 37.9. The fourth-order valence-corrected chi connectivity index (χ4v) is 3.54. The third kappa shape index (κ3) is 4.07. The van der Waals surface area contributed by atoms with Gasteiger partial charge in [-0.15, -0.1) is 0 Å². The van der Waals surface area contributed by atoms with Crippen molar-refractivity contribution in [1.29, 1.82) is 0 Å². The molecule has 160 valence electrons. The molecule has 0 saturated heterocycles. The number of benzene rings is 3. The Morgan fingerprint density at radius 3 is 2.34 bits per heavy atom. The number of para-hydroxylation sites is 2. The lowest BCUT2D eigenvalue weighted by molar-refractivity contribution is -0.114. The molecule has 1 heterocycles. The number of hydrogen-bond acceptors (Lipinski definition) is 3. The molecule has 0 unspecified atom stereocenters. The van der Waals surface area contributed by atoms with Crippen LogP contribution in [0.15, 0.2) is 88.5 Å². The van der Waals surface area contributed by atoms with E-state index in [-0.39, 0.29) is 18.0 Å². The Bertz CT molecular complexity index is 1450. The molecule has 0 fully saturated rings. The van der Waals surface area contributed by atoms with E-state index in [4.69, 9.17) is 0 Å². The maximum Gasteiger partial charge on any atom is 0.336 e. The quantitative estimate of drug-likeness (QED) is 0.430. The molecule has 4 rings (SSSR count). The van der Waals surface area contributed by atoms with Gasteiger partial charge in [0.05, 0.1) is 23.1 Å². The number of halogens is 1. The molecule has 0 N–H and O–H groups in total. The lowest BCUT2D eigenvalue weighted by atomic mass is 10.1. The summed E-state index contributed by atoms with van der Waals surface area (Å²) in [6.07, 6.45) is 3.73. The standard InChI is InChI=1S/C26H21FN2O3/c1-2-20(30)16-15-18-11-13-19(14-12-18)17-28-23-9-5-3-7-21(23)25(31)29(26(28)32)24-10-6-4-8-22(24)27/h3-16H,2,17H2,1H3/b16-15+. The minimum Gasteiger partial charge on any atom is -0.295 e. The Morgan fingerprint density at radius 1 is 0.938 bits per heavy atom. The highest BCUT2D eigenvalue weighted by Crippen LogP contribution is 2.15. The predicted molar refractivity (Wildman–Crippen MR) is 124 cm³/mol. The maximum absolute atomic E-state index is 14.5. The lowest BCUT2D eigenvalue weighted by Gasteiger charge is -2.15. The van der Waals surface area contributed by atoms with Crippen LogP contribution in [0.2, 0.25) is 0 Å². The summed E-state index contributed by atoms with van der Waals surface area (Å²) < 4.78 is 16.8. The van der Waals surface area contributed by atoms with Crippen molar-refractivity contribution < 1.29 is 9.18 Å². The molecule has 32 heavy (non-hydrogen) atoms. The van der Waals surface area contributed by atoms with Crippen LogP contribution in [-0.2, 0) is 11.3 Å². The molecule has 1 aromatic heterocycles. The summed E-state index contributed by atoms with van der Waals surface area (Å²) >= 11 is 0. The zero-order valence-corrected chi connectivity index (χ0v) is 17.5. The van der Waals surface area contributed by atoms with Gasteiger partial charge in [-0.05, 0) is 41.5 Å². The molecule has 0 amide bonds. The second-order valence-corrected chi connectivity index (χ2v) is 7.37. The first-order chi connectivity index (χ1) is 15.5. The fourth-order valence-electron chi connectivity index (χ4n) is 3.54. The van der Waals surface area contributed by atoms with Gasteiger partial charge >= 0.3 is 5.69 Å². The molecule has 0 radical (unpaired) electrons. The van der Waals surface area contributed by atoms with E-state index in [1.54, 1.807) is 43.3 Å². The molecule has 0 aliphatic carbocycles. The first kappa shape index (κ1) is 21.2. The molecule has 3 aromatic carbocycles. The molecule has 4 aromatic rings. The molecule has 0 atom stereocenters. The van der Waals surface area contributed by atoms with E-state index in [9.17, 15) is 18.8 Å². The number of ketones is 1. The van der Waals surface area contributed by atoms with Gasteiger partial charge in [0.1, 0.15) is 5.82 Å². The van der Waals surface area contributed by atoms with E-state index in [0.717, 1.165) is 15.7 Å². The van der Waals surface area contributed by atoms with Gasteiger partial charge in [0.2, 0.25) is 0 Å². The van der Waals surface area contributed by atoms with Gasteiger partial charge in [0, 0.05) is 6.42 Å². The Labute approximate surface area is 183 Å². The number of nitrogens with zero attached hydrogens (tertiary/aromatic N) is 2. The van der Waals surface area contributed by atoms with Crippen molar-refractivity contribution in [2.45, 2.75) is 19.9 Å². The lowest BCUT2D eigenvalue weighted by Crippen LogP contribution is -2.39. The minimum atomic E-state index is -0.647. The highest BCUT2D eigenvalue weighted by molar-refractivity contribution is 5.93. The average Bonchev–Trinajstić information content (AvgIpc) is 2.82. The second kappa shape index (κ2) is 8.98. The Kier molecular flexibility index (Phi) is 5.94. The van der Waals surface area contributed by atoms with Crippen molar-refractivity contribution in [1.82, 2.24) is 9.13 Å². The average molecular weight is 428 g/mol. The van der Waals surface area contributed by atoms with Gasteiger partial charge in [0.15, 0.2) is 5.78 Å². The molecule has 0 aliphatic rings. The van der Waals surface area contributed by atoms with E-state index in [2.05, 4.69) is 0 Å². The third-order valence-electron chi connectivity index (χ3n) is 5.27. The SMILES string of the molecule is CCC(=O)/C=C/c1ccc(Cn2c(=O)n(-c3ccccc3F)c(=O)c3ccccc32)cc1. The Balaban J connectivity index is 1.82. The first-order valence-electron chi connectivity index (χ1n) is 10.3. The van der Waals surface area contributed by atoms with Crippen molar-refractivity contribution in [3.8, 4) is 5.69 Å². The summed E-state index contributed by atoms with van der Waals surface area (Å²) in [6, 6.07) is 19.9. The smallest absolute Gasteiger partial charge is 0.295 e. The number of carbonyl (C=O) groups is 1. The summed E-state index contributed by atoms with van der Waals surface area (Å²) in [5.41, 5.74) is 0.916. The largest absolute Gasteiger partial charge is 0.336 e. The van der Waals surface area contributed by atoms with Crippen LogP contribution in [0.4, 0.5) is 4.39 Å². The number of rotatable bonds is 6. The van der Waals surface area contributed by atoms with Crippen LogP contribution in [0.1, 0.15) is 24.5 Å². The highest BCUT2D eigenvalue weighted by Gasteiger charge is 2.16. The van der Waals surface area contributed by atoms with E-state index >= 15 is 0 Å². The van der Waals surface area contributed by atoms with Crippen molar-refractivity contribution in [2.75, 3.05) is 0 Å². The monoisotopic (exact) mass is 428 g/mol. The number of aromatic nitrogens is 2. The van der Waals surface area contributed by atoms with Crippen LogP contribution in [0.3, 0.4) is 0 Å². The molecule has 0 saturated carbocycles. The van der Waals surface area contributed by atoms with Gasteiger partial charge < -0.3 is 0 Å². The molecule has 0 aliphatic heterocycles. The molecule has 5 nitrogen and oxygen atoms in total. The zero-order valence-electron chi connectivity index (χ0n) is 17.5. The van der Waals surface area contributed by atoms with Crippen LogP contribution >= 0.6 is 0 Å². The summed E-state index contributed by atoms with van der Waals surface area (Å²) in [6.45, 7) is 2.00. The number of fused-ring (bicyclic) bond motifs is 1. The topological polar surface area (TPSA) is 61.1 Å². The Hall–Kier alpha value is -4.06. The second-order valence-electron chi connectivity index (χ2n) is 7.37. The van der Waals surface area contributed by atoms with Crippen LogP contribution in [0.5, 0.6) is 0 Å². The fraction of sp³-hybridized carbons (Fsp3) is 0.115. The highest BCUT2D eigenvalue weighted by atomic mass is 19.1. The normalized spacial score (nSPS) is 11.3. The molecular weight excluding hydrogens is 407 g/mol. The van der Waals surface area contributed by atoms with Crippen molar-refractivity contribution in [3.05, 3.63) is 117 Å². The van der Waals surface area contributed by atoms with Crippen LogP contribution < -0.4 is 11.2 Å². The van der Waals surface area contributed by atoms with E-state index in [0.29, 0.717) is 17.3 Å². The number of allylic oxidation sites excluding steroid dienone is 1. The molecule has 0 spiro atoms. The predicted octanol–water partition coefficient (Wildman–Crippen LogP) is 4.33. The molecule has 0 bridgehead atoms. The van der Waals surface area contributed by atoms with Gasteiger partial charge in [-0.3, -0.25) is 14.2 Å². The number of carbonyl (C=O) groups excluding carboxylic acids is 1. The summed E-state index contributed by atoms with van der Waals surface area (Å²) in [5, 5.41) is 0.327. The van der Waals surface area contributed by atoms with E-state index in [1.165, 1.54) is 28.8 Å². The third-order valence-corrected chi connectivity index (χ3v) is 5.27. The summed E-state index contributed by atoms with van der Waals surface area (Å²) in [5.74, 6) is -0.603. The van der Waals surface area contributed by atoms with Crippen molar-refractivity contribution >= 4 is 22.8 Å². The van der Waals surface area contributed by atoms with Crippen LogP contribution in [-0.4, -0.2) is 14.9 Å². The first-order valence-corrected chi connectivity index (χ1v) is 10.3. The molecule has 6 heteroatoms. The summed E-state index contributed by atoms with van der Waals surface area (Å²) in [7, 11) is 0. The number of hydrogen-bond donors (Lipinski definition) is 0. The van der Waals surface area contributed by atoms with E-state index < -0.39 is 17.1 Å². The van der Waals surface area contributed by atoms with Crippen LogP contribution in [0.25, 0.3) is 22.7 Å². The van der Waals surface area contributed by atoms with Crippen molar-refractivity contribution in [3.63, 3.8) is 0 Å². The maximum atomic E-state index is 14.5. The van der Waals surface area contributed by atoms with Gasteiger partial charge in [-0.25, -0.2) is 13.8 Å². The van der Waals surface area contributed by atoms with Gasteiger partial charge in [0.25, 0.3) is 5.56 Å². The molecular formula is C26H21FN2O3. The zero-order chi connectivity index (χ0) is 22.7. The van der Waals surface area contributed by atoms with Gasteiger partial charge in [-0.1, -0.05) is 61.5 Å². The Morgan fingerprint density at radius 2 is 1.62 bits per heavy atom. The van der Waals surface area contributed by atoms with E-state index in [1.807, 2.05) is 24.3 Å². The minimum absolute atomic E-state index is 0.0440. The van der Waals surface area contributed by atoms with Gasteiger partial charge in [-0.2, -0.15) is 0 Å². The van der Waals surface area contributed by atoms with Crippen LogP contribution in [0, 0.1) is 5.82 Å².